The van der Waals surface area contributed by atoms with Crippen molar-refractivity contribution in [3.8, 4) is 6.01 Å². The number of hydrogen-bond donors (Lipinski definition) is 3. The molecule has 32 heavy (non-hydrogen) atoms. The third-order valence-corrected chi connectivity index (χ3v) is 5.06. The molecular formula is C23H27N7O2. The molecule has 9 heteroatoms. The molecule has 0 aliphatic rings. The summed E-state index contributed by atoms with van der Waals surface area (Å²) in [5, 5.41) is 3.38. The van der Waals surface area contributed by atoms with Crippen molar-refractivity contribution in [2.45, 2.75) is 39.4 Å². The van der Waals surface area contributed by atoms with Crippen LogP contribution in [0.15, 0.2) is 53.5 Å². The van der Waals surface area contributed by atoms with Crippen molar-refractivity contribution in [1.29, 1.82) is 0 Å². The van der Waals surface area contributed by atoms with E-state index in [1.807, 2.05) is 30.3 Å². The summed E-state index contributed by atoms with van der Waals surface area (Å²) >= 11 is 0. The Kier molecular flexibility index (Phi) is 6.76. The first-order valence-electron chi connectivity index (χ1n) is 10.7. The van der Waals surface area contributed by atoms with E-state index in [4.69, 9.17) is 10.5 Å². The van der Waals surface area contributed by atoms with Gasteiger partial charge in [0, 0.05) is 19.3 Å². The van der Waals surface area contributed by atoms with Gasteiger partial charge < -0.3 is 20.8 Å². The van der Waals surface area contributed by atoms with Crippen molar-refractivity contribution >= 4 is 17.0 Å². The normalized spacial score (nSPS) is 11.2. The molecule has 166 valence electrons. The van der Waals surface area contributed by atoms with E-state index < -0.39 is 0 Å². The largest absolute Gasteiger partial charge is 0.463 e. The Morgan fingerprint density at radius 3 is 2.69 bits per heavy atom. The van der Waals surface area contributed by atoms with E-state index in [9.17, 15) is 4.79 Å². The fraction of sp³-hybridized carbons (Fsp3) is 0.304. The first-order chi connectivity index (χ1) is 15.6. The van der Waals surface area contributed by atoms with Gasteiger partial charge in [-0.3, -0.25) is 9.55 Å². The highest BCUT2D eigenvalue weighted by molar-refractivity contribution is 5.81. The van der Waals surface area contributed by atoms with Gasteiger partial charge in [0.2, 0.25) is 0 Å². The van der Waals surface area contributed by atoms with Gasteiger partial charge in [-0.25, -0.2) is 4.79 Å². The van der Waals surface area contributed by atoms with E-state index in [0.29, 0.717) is 30.9 Å². The molecule has 4 rings (SSSR count). The third-order valence-electron chi connectivity index (χ3n) is 5.06. The molecule has 9 nitrogen and oxygen atoms in total. The van der Waals surface area contributed by atoms with E-state index in [2.05, 4.69) is 44.3 Å². The van der Waals surface area contributed by atoms with Crippen molar-refractivity contribution in [3.63, 3.8) is 0 Å². The maximum atomic E-state index is 12.5. The van der Waals surface area contributed by atoms with Crippen LogP contribution in [0.2, 0.25) is 0 Å². The summed E-state index contributed by atoms with van der Waals surface area (Å²) in [6.07, 6.45) is 3.66. The summed E-state index contributed by atoms with van der Waals surface area (Å²) in [5.41, 5.74) is 9.56. The summed E-state index contributed by atoms with van der Waals surface area (Å²) in [5.74, 6) is 0.190. The van der Waals surface area contributed by atoms with Crippen molar-refractivity contribution in [1.82, 2.24) is 29.8 Å². The fourth-order valence-electron chi connectivity index (χ4n) is 3.32. The van der Waals surface area contributed by atoms with E-state index >= 15 is 0 Å². The Hall–Kier alpha value is -3.72. The first-order valence-corrected chi connectivity index (χ1v) is 10.7. The van der Waals surface area contributed by atoms with Gasteiger partial charge in [0.15, 0.2) is 11.5 Å². The van der Waals surface area contributed by atoms with E-state index in [-0.39, 0.29) is 17.5 Å². The number of aromatic nitrogens is 5. The third kappa shape index (κ3) is 5.12. The lowest BCUT2D eigenvalue weighted by Crippen LogP contribution is -2.18. The van der Waals surface area contributed by atoms with Crippen molar-refractivity contribution in [2.24, 2.45) is 0 Å². The summed E-state index contributed by atoms with van der Waals surface area (Å²) in [4.78, 5) is 28.3. The molecule has 0 bridgehead atoms. The van der Waals surface area contributed by atoms with Crippen LogP contribution in [0.25, 0.3) is 11.2 Å². The van der Waals surface area contributed by atoms with Crippen LogP contribution >= 0.6 is 0 Å². The van der Waals surface area contributed by atoms with Gasteiger partial charge in [-0.1, -0.05) is 49.7 Å². The fourth-order valence-corrected chi connectivity index (χ4v) is 3.32. The number of imidazole rings is 1. The average molecular weight is 434 g/mol. The number of anilines is 1. The van der Waals surface area contributed by atoms with Crippen LogP contribution in [0, 0.1) is 0 Å². The highest BCUT2D eigenvalue weighted by atomic mass is 16.5. The van der Waals surface area contributed by atoms with E-state index in [0.717, 1.165) is 30.6 Å². The number of nitrogens with two attached hydrogens (primary N) is 1. The maximum Gasteiger partial charge on any atom is 0.328 e. The lowest BCUT2D eigenvalue weighted by Gasteiger charge is -2.08. The van der Waals surface area contributed by atoms with Crippen LogP contribution in [0.4, 0.5) is 5.82 Å². The molecule has 0 aliphatic carbocycles. The molecule has 0 radical (unpaired) electrons. The molecule has 0 amide bonds. The number of hydrogen-bond acceptors (Lipinski definition) is 7. The van der Waals surface area contributed by atoms with Gasteiger partial charge in [-0.05, 0) is 23.6 Å². The molecule has 0 saturated heterocycles. The Morgan fingerprint density at radius 2 is 1.94 bits per heavy atom. The van der Waals surface area contributed by atoms with E-state index in [1.54, 1.807) is 6.20 Å². The number of pyridine rings is 1. The van der Waals surface area contributed by atoms with Gasteiger partial charge in [0.25, 0.3) is 0 Å². The second kappa shape index (κ2) is 10.1. The Labute approximate surface area is 185 Å². The zero-order valence-corrected chi connectivity index (χ0v) is 18.0. The second-order valence-corrected chi connectivity index (χ2v) is 7.56. The zero-order valence-electron chi connectivity index (χ0n) is 18.0. The molecule has 0 saturated carbocycles. The minimum Gasteiger partial charge on any atom is -0.463 e. The van der Waals surface area contributed by atoms with Gasteiger partial charge in [0.05, 0.1) is 18.8 Å². The number of benzene rings is 1. The Morgan fingerprint density at radius 1 is 1.09 bits per heavy atom. The van der Waals surface area contributed by atoms with Crippen molar-refractivity contribution < 1.29 is 4.74 Å². The van der Waals surface area contributed by atoms with Gasteiger partial charge in [-0.2, -0.15) is 9.97 Å². The number of unbranched alkanes of at least 4 members (excludes halogenated alkanes) is 1. The van der Waals surface area contributed by atoms with Crippen LogP contribution in [0.3, 0.4) is 0 Å². The molecule has 1 aromatic carbocycles. The van der Waals surface area contributed by atoms with E-state index in [1.165, 1.54) is 10.1 Å². The predicted molar refractivity (Wildman–Crippen MR) is 123 cm³/mol. The minimum atomic E-state index is -0.305. The molecule has 4 N–H and O–H groups in total. The maximum absolute atomic E-state index is 12.5. The summed E-state index contributed by atoms with van der Waals surface area (Å²) in [6, 6.07) is 14.3. The van der Waals surface area contributed by atoms with Crippen molar-refractivity contribution in [3.05, 3.63) is 76.0 Å². The minimum absolute atomic E-state index is 0.175. The summed E-state index contributed by atoms with van der Waals surface area (Å²) in [6.45, 7) is 4.32. The number of nitrogen functional groups attached to an aromatic ring is 1. The standard InChI is InChI=1S/C23H27N7O2/c1-2-3-11-32-22-28-20(24)19-21(29-22)30(23(31)27-19)15-17-9-10-18(26-13-17)14-25-12-16-7-5-4-6-8-16/h4-10,13,25H,2-3,11-12,14-15H2,1H3,(H,27,31)(H2,24,28,29). The molecule has 0 spiro atoms. The van der Waals surface area contributed by atoms with Crippen molar-refractivity contribution in [2.75, 3.05) is 12.3 Å². The zero-order chi connectivity index (χ0) is 22.3. The highest BCUT2D eigenvalue weighted by Gasteiger charge is 2.15. The molecule has 0 aliphatic heterocycles. The second-order valence-electron chi connectivity index (χ2n) is 7.56. The predicted octanol–water partition coefficient (Wildman–Crippen LogP) is 2.61. The number of aromatic amines is 1. The number of ether oxygens (including phenoxy) is 1. The SMILES string of the molecule is CCCCOc1nc(N)c2[nH]c(=O)n(Cc3ccc(CNCc4ccccc4)nc3)c2n1. The quantitative estimate of drug-likeness (QED) is 0.328. The van der Waals surface area contributed by atoms with Crippen LogP contribution in [0.1, 0.15) is 36.6 Å². The lowest BCUT2D eigenvalue weighted by atomic mass is 10.2. The van der Waals surface area contributed by atoms with Gasteiger partial charge in [0.1, 0.15) is 5.52 Å². The van der Waals surface area contributed by atoms with Gasteiger partial charge >= 0.3 is 11.7 Å². The van der Waals surface area contributed by atoms with Gasteiger partial charge in [-0.15, -0.1) is 0 Å². The molecule has 3 heterocycles. The van der Waals surface area contributed by atoms with Crippen LogP contribution in [0.5, 0.6) is 6.01 Å². The Bertz CT molecular complexity index is 1220. The number of rotatable bonds is 10. The lowest BCUT2D eigenvalue weighted by molar-refractivity contribution is 0.286. The summed E-state index contributed by atoms with van der Waals surface area (Å²) < 4.78 is 7.10. The average Bonchev–Trinajstić information content (AvgIpc) is 3.12. The number of nitrogens with zero attached hydrogens (tertiary/aromatic N) is 4. The molecule has 3 aromatic heterocycles. The highest BCUT2D eigenvalue weighted by Crippen LogP contribution is 2.18. The molecular weight excluding hydrogens is 406 g/mol. The number of H-pyrrole nitrogens is 1. The first kappa shape index (κ1) is 21.5. The molecule has 4 aromatic rings. The Balaban J connectivity index is 1.45. The van der Waals surface area contributed by atoms with Crippen LogP contribution in [-0.2, 0) is 19.6 Å². The smallest absolute Gasteiger partial charge is 0.328 e. The molecule has 0 fully saturated rings. The number of fused-ring (bicyclic) bond motifs is 1. The van der Waals surface area contributed by atoms with Crippen LogP contribution in [-0.4, -0.2) is 31.1 Å². The number of nitrogens with one attached hydrogen (secondary N) is 2. The summed E-state index contributed by atoms with van der Waals surface area (Å²) in [7, 11) is 0. The van der Waals surface area contributed by atoms with Crippen LogP contribution < -0.4 is 21.5 Å². The topological polar surface area (TPSA) is 124 Å². The monoisotopic (exact) mass is 433 g/mol. The molecule has 0 atom stereocenters. The molecule has 0 unspecified atom stereocenters.